The SMILES string of the molecule is CC1COC2(N=C(N)C3(C#N)C(c4cccc(F)c4)C23C#N)O1. The average molecular weight is 312 g/mol. The number of nitrogens with two attached hydrogens (primary N) is 1. The Morgan fingerprint density at radius 3 is 2.74 bits per heavy atom. The second-order valence-corrected chi connectivity index (χ2v) is 6.15. The number of ether oxygens (including phenoxy) is 2. The van der Waals surface area contributed by atoms with Gasteiger partial charge in [-0.1, -0.05) is 12.1 Å². The van der Waals surface area contributed by atoms with Gasteiger partial charge in [0, 0.05) is 5.92 Å². The van der Waals surface area contributed by atoms with Crippen molar-refractivity contribution in [3.05, 3.63) is 35.6 Å². The molecule has 116 valence electrons. The number of halogens is 1. The molecule has 1 aromatic carbocycles. The summed E-state index contributed by atoms with van der Waals surface area (Å²) in [6.07, 6.45) is -0.278. The van der Waals surface area contributed by atoms with Crippen LogP contribution >= 0.6 is 0 Å². The molecule has 1 aromatic rings. The molecule has 2 fully saturated rings. The van der Waals surface area contributed by atoms with Crippen molar-refractivity contribution in [2.24, 2.45) is 21.6 Å². The molecule has 1 saturated carbocycles. The zero-order valence-corrected chi connectivity index (χ0v) is 12.3. The number of hydrogen-bond donors (Lipinski definition) is 1. The van der Waals surface area contributed by atoms with Gasteiger partial charge in [-0.05, 0) is 24.6 Å². The monoisotopic (exact) mass is 312 g/mol. The molecule has 0 aromatic heterocycles. The average Bonchev–Trinajstić information content (AvgIpc) is 2.93. The lowest BCUT2D eigenvalue weighted by atomic mass is 9.94. The lowest BCUT2D eigenvalue weighted by Crippen LogP contribution is -2.39. The summed E-state index contributed by atoms with van der Waals surface area (Å²) in [5.41, 5.74) is 3.76. The van der Waals surface area contributed by atoms with Crippen LogP contribution in [0.25, 0.3) is 0 Å². The lowest BCUT2D eigenvalue weighted by Gasteiger charge is -2.26. The van der Waals surface area contributed by atoms with Crippen molar-refractivity contribution in [3.8, 4) is 12.1 Å². The van der Waals surface area contributed by atoms with E-state index in [-0.39, 0.29) is 18.5 Å². The Bertz CT molecular complexity index is 828. The summed E-state index contributed by atoms with van der Waals surface area (Å²) >= 11 is 0. The second kappa shape index (κ2) is 4.08. The van der Waals surface area contributed by atoms with E-state index in [4.69, 9.17) is 15.2 Å². The largest absolute Gasteiger partial charge is 0.386 e. The summed E-state index contributed by atoms with van der Waals surface area (Å²) in [7, 11) is 0. The van der Waals surface area contributed by atoms with Gasteiger partial charge in [0.15, 0.2) is 5.41 Å². The van der Waals surface area contributed by atoms with Crippen molar-refractivity contribution in [1.82, 2.24) is 0 Å². The predicted octanol–water partition coefficient (Wildman–Crippen LogP) is 1.40. The molecule has 1 saturated heterocycles. The van der Waals surface area contributed by atoms with Gasteiger partial charge < -0.3 is 15.2 Å². The van der Waals surface area contributed by atoms with Crippen LogP contribution in [0, 0.1) is 39.3 Å². The van der Waals surface area contributed by atoms with Crippen LogP contribution in [0.15, 0.2) is 29.3 Å². The minimum atomic E-state index is -1.60. The first-order chi connectivity index (χ1) is 11.0. The minimum absolute atomic E-state index is 0.00455. The van der Waals surface area contributed by atoms with Gasteiger partial charge in [-0.3, -0.25) is 0 Å². The molecule has 3 aliphatic rings. The van der Waals surface area contributed by atoms with Gasteiger partial charge in [-0.15, -0.1) is 0 Å². The number of rotatable bonds is 1. The van der Waals surface area contributed by atoms with Gasteiger partial charge in [0.1, 0.15) is 17.1 Å². The standard InChI is InChI=1S/C16H13FN4O2/c1-9-6-22-16(23-9)15(8-19)12(10-3-2-4-11(17)5-10)14(15,7-18)13(20)21-16/h2-5,9,12H,6H2,1H3,(H2,20,21). The van der Waals surface area contributed by atoms with E-state index >= 15 is 0 Å². The quantitative estimate of drug-likeness (QED) is 0.844. The smallest absolute Gasteiger partial charge is 0.293 e. The molecule has 1 aliphatic carbocycles. The van der Waals surface area contributed by atoms with Crippen LogP contribution in [0.3, 0.4) is 0 Å². The van der Waals surface area contributed by atoms with Crippen molar-refractivity contribution in [2.75, 3.05) is 6.61 Å². The van der Waals surface area contributed by atoms with Gasteiger partial charge >= 0.3 is 0 Å². The van der Waals surface area contributed by atoms with Crippen LogP contribution in [-0.2, 0) is 9.47 Å². The van der Waals surface area contributed by atoms with E-state index in [9.17, 15) is 14.9 Å². The van der Waals surface area contributed by atoms with Gasteiger partial charge in [0.05, 0.1) is 24.8 Å². The molecule has 2 heterocycles. The summed E-state index contributed by atoms with van der Waals surface area (Å²) in [6, 6.07) is 10.1. The molecule has 0 radical (unpaired) electrons. The summed E-state index contributed by atoms with van der Waals surface area (Å²) < 4.78 is 25.1. The first-order valence-electron chi connectivity index (χ1n) is 7.23. The third-order valence-electron chi connectivity index (χ3n) is 4.98. The molecule has 1 spiro atoms. The highest BCUT2D eigenvalue weighted by Gasteiger charge is 2.94. The Balaban J connectivity index is 1.93. The number of aliphatic imine (C=N–C) groups is 1. The summed E-state index contributed by atoms with van der Waals surface area (Å²) in [5.74, 6) is -2.69. The van der Waals surface area contributed by atoms with Crippen molar-refractivity contribution in [3.63, 3.8) is 0 Å². The molecule has 0 bridgehead atoms. The Morgan fingerprint density at radius 1 is 1.39 bits per heavy atom. The predicted molar refractivity (Wildman–Crippen MR) is 76.1 cm³/mol. The van der Waals surface area contributed by atoms with Gasteiger partial charge in [-0.25, -0.2) is 9.38 Å². The van der Waals surface area contributed by atoms with Crippen molar-refractivity contribution in [2.45, 2.75) is 24.9 Å². The first kappa shape index (κ1) is 14.1. The zero-order valence-electron chi connectivity index (χ0n) is 12.3. The van der Waals surface area contributed by atoms with Crippen LogP contribution in [0.2, 0.25) is 0 Å². The lowest BCUT2D eigenvalue weighted by molar-refractivity contribution is -0.193. The third kappa shape index (κ3) is 1.31. The molecule has 0 amide bonds. The minimum Gasteiger partial charge on any atom is -0.386 e. The molecule has 7 heteroatoms. The van der Waals surface area contributed by atoms with Crippen LogP contribution in [-0.4, -0.2) is 24.5 Å². The van der Waals surface area contributed by atoms with E-state index in [1.165, 1.54) is 18.2 Å². The number of hydrogen-bond acceptors (Lipinski definition) is 6. The Kier molecular flexibility index (Phi) is 2.51. The normalized spacial score (nSPS) is 43.6. The zero-order chi connectivity index (χ0) is 16.5. The van der Waals surface area contributed by atoms with E-state index in [0.717, 1.165) is 0 Å². The topological polar surface area (TPSA) is 104 Å². The van der Waals surface area contributed by atoms with E-state index < -0.39 is 28.5 Å². The van der Waals surface area contributed by atoms with Crippen LogP contribution in [0.5, 0.6) is 0 Å². The Hall–Kier alpha value is -2.48. The number of nitrogens with zero attached hydrogens (tertiary/aromatic N) is 3. The molecule has 2 N–H and O–H groups in total. The highest BCUT2D eigenvalue weighted by molar-refractivity contribution is 6.00. The number of amidine groups is 1. The third-order valence-corrected chi connectivity index (χ3v) is 4.98. The van der Waals surface area contributed by atoms with Crippen LogP contribution in [0.1, 0.15) is 18.4 Å². The van der Waals surface area contributed by atoms with E-state index in [1.54, 1.807) is 13.0 Å². The maximum atomic E-state index is 13.6. The van der Waals surface area contributed by atoms with Gasteiger partial charge in [-0.2, -0.15) is 10.5 Å². The summed E-state index contributed by atoms with van der Waals surface area (Å²) in [6.45, 7) is 2.04. The number of benzene rings is 1. The summed E-state index contributed by atoms with van der Waals surface area (Å²) in [5, 5.41) is 19.7. The molecular weight excluding hydrogens is 299 g/mol. The van der Waals surface area contributed by atoms with E-state index in [0.29, 0.717) is 5.56 Å². The fourth-order valence-electron chi connectivity index (χ4n) is 4.05. The fourth-order valence-corrected chi connectivity index (χ4v) is 4.05. The maximum Gasteiger partial charge on any atom is 0.293 e. The second-order valence-electron chi connectivity index (χ2n) is 6.15. The van der Waals surface area contributed by atoms with Crippen molar-refractivity contribution < 1.29 is 13.9 Å². The Labute approximate surface area is 131 Å². The summed E-state index contributed by atoms with van der Waals surface area (Å²) in [4.78, 5) is 4.20. The fraction of sp³-hybridized carbons (Fsp3) is 0.438. The molecule has 5 atom stereocenters. The molecule has 5 unspecified atom stereocenters. The maximum absolute atomic E-state index is 13.6. The highest BCUT2D eigenvalue weighted by atomic mass is 19.1. The Morgan fingerprint density at radius 2 is 2.17 bits per heavy atom. The number of fused-ring (bicyclic) bond motifs is 2. The molecular formula is C16H13FN4O2. The van der Waals surface area contributed by atoms with E-state index in [1.807, 2.05) is 0 Å². The first-order valence-corrected chi connectivity index (χ1v) is 7.23. The van der Waals surface area contributed by atoms with Crippen LogP contribution < -0.4 is 5.73 Å². The molecule has 23 heavy (non-hydrogen) atoms. The number of nitriles is 2. The van der Waals surface area contributed by atoms with Gasteiger partial charge in [0.2, 0.25) is 0 Å². The molecule has 4 rings (SSSR count). The van der Waals surface area contributed by atoms with Crippen LogP contribution in [0.4, 0.5) is 4.39 Å². The highest BCUT2D eigenvalue weighted by Crippen LogP contribution is 2.82. The van der Waals surface area contributed by atoms with E-state index in [2.05, 4.69) is 17.1 Å². The van der Waals surface area contributed by atoms with Gasteiger partial charge in [0.25, 0.3) is 5.91 Å². The van der Waals surface area contributed by atoms with Crippen molar-refractivity contribution in [1.29, 1.82) is 10.5 Å². The molecule has 2 aliphatic heterocycles. The molecule has 6 nitrogen and oxygen atoms in total. The van der Waals surface area contributed by atoms with Crippen molar-refractivity contribution >= 4 is 5.84 Å².